The maximum Gasteiger partial charge on any atom is 0.411 e. The molecule has 306 valence electrons. The Morgan fingerprint density at radius 3 is 2.43 bits per heavy atom. The third kappa shape index (κ3) is 10.1. The lowest BCUT2D eigenvalue weighted by atomic mass is 9.95. The number of aliphatic hydroxyl groups excluding tert-OH is 3. The Kier molecular flexibility index (Phi) is 14.2. The lowest BCUT2D eigenvalue weighted by molar-refractivity contribution is -0.241. The van der Waals surface area contributed by atoms with E-state index in [1.54, 1.807) is 42.4 Å². The smallest absolute Gasteiger partial charge is 0.411 e. The van der Waals surface area contributed by atoms with Gasteiger partial charge in [-0.2, -0.15) is 0 Å². The molecule has 6 rings (SSSR count). The van der Waals surface area contributed by atoms with Crippen LogP contribution in [-0.2, 0) is 30.5 Å². The Hall–Kier alpha value is -5.23. The fraction of sp³-hybridized carbons (Fsp3) is 0.317. The molecule has 2 aliphatic heterocycles. The van der Waals surface area contributed by atoms with Crippen LogP contribution in [0.2, 0.25) is 0 Å². The number of rotatable bonds is 14. The standard InChI is InChI=1S/C41H42BrClN4O11/c1-55-26-10-6-23(7-11-26)9-13-36(51)47-20-25(19-43)37-28-5-3-2-4-27(28)29(17-31(37)47)46-41(54)57-21-24-8-12-33(58-40-39(53)38(52)32(48)22-56-40)30(16-24)45-34(49)14-15-44-35(50)18-42/h2-13,16-17,25,32,38-40,48,52-53H,14-15,18-22H2,1H3,(H,44,50)(H,45,49)(H,46,54)/b13-9+/t25?,32-,38+,39-,40?/m1/s1. The summed E-state index contributed by atoms with van der Waals surface area (Å²) in [6.07, 6.45) is -3.50. The van der Waals surface area contributed by atoms with Gasteiger partial charge in [-0.1, -0.05) is 58.4 Å². The van der Waals surface area contributed by atoms with Crippen molar-refractivity contribution in [2.24, 2.45) is 0 Å². The van der Waals surface area contributed by atoms with Crippen LogP contribution in [0.1, 0.15) is 29.0 Å². The zero-order chi connectivity index (χ0) is 41.3. The van der Waals surface area contributed by atoms with E-state index in [0.717, 1.165) is 21.9 Å². The first kappa shape index (κ1) is 42.4. The molecule has 0 spiro atoms. The second kappa shape index (κ2) is 19.5. The highest BCUT2D eigenvalue weighted by Gasteiger charge is 2.39. The largest absolute Gasteiger partial charge is 0.497 e. The highest BCUT2D eigenvalue weighted by atomic mass is 79.9. The number of aliphatic hydroxyl groups is 3. The number of methoxy groups -OCH3 is 1. The average Bonchev–Trinajstić information content (AvgIpc) is 3.62. The molecular formula is C41H42BrClN4O11. The van der Waals surface area contributed by atoms with Crippen molar-refractivity contribution >= 4 is 85.3 Å². The van der Waals surface area contributed by atoms with Gasteiger partial charge in [0.2, 0.25) is 18.1 Å². The maximum atomic E-state index is 13.6. The van der Waals surface area contributed by atoms with E-state index in [1.807, 2.05) is 36.4 Å². The van der Waals surface area contributed by atoms with Crippen molar-refractivity contribution in [3.8, 4) is 11.5 Å². The monoisotopic (exact) mass is 880 g/mol. The minimum atomic E-state index is -1.60. The molecule has 0 saturated carbocycles. The van der Waals surface area contributed by atoms with Crippen molar-refractivity contribution in [1.29, 1.82) is 0 Å². The summed E-state index contributed by atoms with van der Waals surface area (Å²) in [5, 5.41) is 40.1. The van der Waals surface area contributed by atoms with Gasteiger partial charge in [-0.15, -0.1) is 11.6 Å². The number of halogens is 2. The molecule has 0 bridgehead atoms. The summed E-state index contributed by atoms with van der Waals surface area (Å²) in [7, 11) is 1.58. The molecule has 4 aromatic rings. The number of fused-ring (bicyclic) bond motifs is 3. The molecule has 6 N–H and O–H groups in total. The summed E-state index contributed by atoms with van der Waals surface area (Å²) in [6.45, 7) is -0.148. The van der Waals surface area contributed by atoms with Crippen molar-refractivity contribution in [2.45, 2.75) is 43.5 Å². The molecule has 1 saturated heterocycles. The van der Waals surface area contributed by atoms with Gasteiger partial charge < -0.3 is 49.8 Å². The van der Waals surface area contributed by atoms with Gasteiger partial charge in [0.05, 0.1) is 36.1 Å². The number of nitrogens with zero attached hydrogens (tertiary/aromatic N) is 1. The van der Waals surface area contributed by atoms with E-state index < -0.39 is 36.6 Å². The van der Waals surface area contributed by atoms with Crippen molar-refractivity contribution in [2.75, 3.05) is 53.5 Å². The van der Waals surface area contributed by atoms with Crippen LogP contribution in [0.4, 0.5) is 21.9 Å². The van der Waals surface area contributed by atoms with Gasteiger partial charge in [0.25, 0.3) is 5.91 Å². The number of benzene rings is 4. The third-order valence-electron chi connectivity index (χ3n) is 9.57. The molecule has 2 unspecified atom stereocenters. The van der Waals surface area contributed by atoms with Gasteiger partial charge in [0.15, 0.2) is 0 Å². The van der Waals surface area contributed by atoms with E-state index in [9.17, 15) is 34.5 Å². The summed E-state index contributed by atoms with van der Waals surface area (Å²) in [4.78, 5) is 53.1. The Morgan fingerprint density at radius 2 is 1.71 bits per heavy atom. The number of carbonyl (C=O) groups excluding carboxylic acids is 4. The van der Waals surface area contributed by atoms with Crippen LogP contribution in [0.15, 0.2) is 78.9 Å². The van der Waals surface area contributed by atoms with Crippen LogP contribution in [-0.4, -0.2) is 102 Å². The number of carbonyl (C=O) groups is 4. The van der Waals surface area contributed by atoms with Crippen LogP contribution >= 0.6 is 27.5 Å². The van der Waals surface area contributed by atoms with Crippen LogP contribution in [0.25, 0.3) is 16.8 Å². The number of hydrogen-bond acceptors (Lipinski definition) is 11. The Morgan fingerprint density at radius 1 is 0.948 bits per heavy atom. The first-order valence-corrected chi connectivity index (χ1v) is 19.9. The quantitative estimate of drug-likeness (QED) is 0.0761. The topological polar surface area (TPSA) is 205 Å². The first-order valence-electron chi connectivity index (χ1n) is 18.3. The fourth-order valence-corrected chi connectivity index (χ4v) is 7.05. The Bertz CT molecular complexity index is 2170. The number of hydrogen-bond donors (Lipinski definition) is 6. The number of anilines is 3. The summed E-state index contributed by atoms with van der Waals surface area (Å²) in [5.41, 5.74) is 3.30. The summed E-state index contributed by atoms with van der Waals surface area (Å²) < 4.78 is 22.0. The molecule has 0 aliphatic carbocycles. The highest BCUT2D eigenvalue weighted by molar-refractivity contribution is 9.09. The lowest BCUT2D eigenvalue weighted by Crippen LogP contribution is -2.54. The summed E-state index contributed by atoms with van der Waals surface area (Å²) in [6, 6.07) is 21.0. The average molecular weight is 882 g/mol. The van der Waals surface area contributed by atoms with Gasteiger partial charge in [-0.25, -0.2) is 4.79 Å². The van der Waals surface area contributed by atoms with Gasteiger partial charge in [0.1, 0.15) is 36.4 Å². The van der Waals surface area contributed by atoms with Crippen LogP contribution in [0.3, 0.4) is 0 Å². The zero-order valence-corrected chi connectivity index (χ0v) is 33.6. The maximum absolute atomic E-state index is 13.6. The van der Waals surface area contributed by atoms with Gasteiger partial charge >= 0.3 is 6.09 Å². The number of alkyl halides is 2. The Labute approximate surface area is 347 Å². The zero-order valence-electron chi connectivity index (χ0n) is 31.2. The van der Waals surface area contributed by atoms with Gasteiger partial charge in [-0.3, -0.25) is 19.7 Å². The lowest BCUT2D eigenvalue weighted by Gasteiger charge is -2.35. The van der Waals surface area contributed by atoms with Crippen molar-refractivity contribution in [3.63, 3.8) is 0 Å². The molecule has 5 atom stereocenters. The normalized spacial score (nSPS) is 20.0. The minimum absolute atomic E-state index is 0.0523. The number of ether oxygens (including phenoxy) is 4. The van der Waals surface area contributed by atoms with Crippen molar-refractivity contribution < 1.29 is 53.4 Å². The number of amides is 4. The third-order valence-corrected chi connectivity index (χ3v) is 10.5. The predicted octanol–water partition coefficient (Wildman–Crippen LogP) is 4.64. The van der Waals surface area contributed by atoms with E-state index in [0.29, 0.717) is 29.2 Å². The molecule has 58 heavy (non-hydrogen) atoms. The molecule has 2 aliphatic rings. The van der Waals surface area contributed by atoms with Crippen LogP contribution in [0, 0.1) is 0 Å². The van der Waals surface area contributed by atoms with Crippen LogP contribution < -0.4 is 30.3 Å². The fourth-order valence-electron chi connectivity index (χ4n) is 6.60. The molecule has 0 aromatic heterocycles. The minimum Gasteiger partial charge on any atom is -0.497 e. The van der Waals surface area contributed by atoms with E-state index in [-0.39, 0.29) is 66.6 Å². The van der Waals surface area contributed by atoms with E-state index in [1.165, 1.54) is 18.2 Å². The van der Waals surface area contributed by atoms with E-state index >= 15 is 0 Å². The molecular weight excluding hydrogens is 840 g/mol. The summed E-state index contributed by atoms with van der Waals surface area (Å²) >= 11 is 9.49. The molecule has 15 nitrogen and oxygen atoms in total. The van der Waals surface area contributed by atoms with Gasteiger partial charge in [-0.05, 0) is 58.5 Å². The van der Waals surface area contributed by atoms with E-state index in [2.05, 4.69) is 31.9 Å². The predicted molar refractivity (Wildman–Crippen MR) is 220 cm³/mol. The first-order chi connectivity index (χ1) is 28.0. The molecule has 17 heteroatoms. The Balaban J connectivity index is 1.19. The second-order valence-electron chi connectivity index (χ2n) is 13.5. The molecule has 0 radical (unpaired) electrons. The van der Waals surface area contributed by atoms with Crippen molar-refractivity contribution in [1.82, 2.24) is 5.32 Å². The van der Waals surface area contributed by atoms with Gasteiger partial charge in [0, 0.05) is 42.8 Å². The van der Waals surface area contributed by atoms with E-state index in [4.69, 9.17) is 30.5 Å². The second-order valence-corrected chi connectivity index (χ2v) is 14.4. The molecule has 1 fully saturated rings. The molecule has 2 heterocycles. The molecule has 4 aromatic carbocycles. The van der Waals surface area contributed by atoms with Crippen LogP contribution in [0.5, 0.6) is 11.5 Å². The molecule has 4 amide bonds. The SMILES string of the molecule is COc1ccc(/C=C/C(=O)N2CC(CCl)c3c2cc(NC(=O)OCc2ccc(OC4OC[C@@H](O)[C@H](O)[C@H]4O)c(NC(=O)CCNC(=O)CBr)c2)c2ccccc32)cc1. The highest BCUT2D eigenvalue weighted by Crippen LogP contribution is 2.45. The number of nitrogens with one attached hydrogen (secondary N) is 3. The summed E-state index contributed by atoms with van der Waals surface area (Å²) in [5.74, 6) is -0.167. The van der Waals surface area contributed by atoms with Crippen molar-refractivity contribution in [3.05, 3.63) is 95.6 Å².